The molecule has 5 heteroatoms. The van der Waals surface area contributed by atoms with Crippen molar-refractivity contribution in [2.75, 3.05) is 12.5 Å². The Morgan fingerprint density at radius 3 is 2.52 bits per heavy atom. The van der Waals surface area contributed by atoms with Crippen molar-refractivity contribution in [3.05, 3.63) is 66.5 Å². The fourth-order valence-corrected chi connectivity index (χ4v) is 2.08. The number of rotatable bonds is 3. The molecule has 1 amide bonds. The number of anilines is 1. The minimum absolute atomic E-state index is 0.127. The smallest absolute Gasteiger partial charge is 0.271 e. The number of hydrazine groups is 1. The molecule has 3 aromatic rings. The van der Waals surface area contributed by atoms with Crippen molar-refractivity contribution in [3.63, 3.8) is 0 Å². The van der Waals surface area contributed by atoms with E-state index in [1.807, 2.05) is 42.5 Å². The summed E-state index contributed by atoms with van der Waals surface area (Å²) in [6.45, 7) is 0. The van der Waals surface area contributed by atoms with Crippen molar-refractivity contribution in [2.24, 2.45) is 0 Å². The molecular weight excluding hydrogens is 264 g/mol. The lowest BCUT2D eigenvalue weighted by atomic mass is 10.2. The molecule has 1 N–H and O–H groups in total. The Morgan fingerprint density at radius 2 is 1.71 bits per heavy atom. The number of benzene rings is 2. The summed E-state index contributed by atoms with van der Waals surface area (Å²) in [6, 6.07) is 16.7. The molecule has 0 aliphatic heterocycles. The van der Waals surface area contributed by atoms with Crippen LogP contribution in [0.3, 0.4) is 0 Å². The second kappa shape index (κ2) is 5.58. The van der Waals surface area contributed by atoms with Crippen LogP contribution in [0, 0.1) is 0 Å². The first-order chi connectivity index (χ1) is 10.3. The molecule has 0 saturated carbocycles. The van der Waals surface area contributed by atoms with E-state index in [0.29, 0.717) is 11.4 Å². The van der Waals surface area contributed by atoms with Gasteiger partial charge in [0.25, 0.3) is 5.91 Å². The lowest BCUT2D eigenvalue weighted by Crippen LogP contribution is -2.32. The molecule has 0 bridgehead atoms. The average Bonchev–Trinajstić information content (AvgIpc) is 2.55. The van der Waals surface area contributed by atoms with Gasteiger partial charge in [0.1, 0.15) is 6.33 Å². The monoisotopic (exact) mass is 278 g/mol. The average molecular weight is 278 g/mol. The number of amides is 1. The molecule has 21 heavy (non-hydrogen) atoms. The third-order valence-corrected chi connectivity index (χ3v) is 3.14. The van der Waals surface area contributed by atoms with Gasteiger partial charge in [-0.3, -0.25) is 15.2 Å². The number of nitrogens with one attached hydrogen (secondary N) is 1. The van der Waals surface area contributed by atoms with Gasteiger partial charge in [0, 0.05) is 18.0 Å². The largest absolute Gasteiger partial charge is 0.279 e. The van der Waals surface area contributed by atoms with Crippen molar-refractivity contribution in [1.29, 1.82) is 0 Å². The fourth-order valence-electron chi connectivity index (χ4n) is 2.08. The van der Waals surface area contributed by atoms with E-state index in [9.17, 15) is 4.79 Å². The lowest BCUT2D eigenvalue weighted by molar-refractivity contribution is 0.0825. The molecule has 5 nitrogen and oxygen atoms in total. The molecule has 0 saturated heterocycles. The maximum absolute atomic E-state index is 12.3. The molecule has 0 atom stereocenters. The highest BCUT2D eigenvalue weighted by Crippen LogP contribution is 2.19. The van der Waals surface area contributed by atoms with Crippen LogP contribution < -0.4 is 5.43 Å². The van der Waals surface area contributed by atoms with Gasteiger partial charge in [0.05, 0.1) is 5.52 Å². The first-order valence-electron chi connectivity index (χ1n) is 6.55. The van der Waals surface area contributed by atoms with Crippen LogP contribution in [0.15, 0.2) is 60.9 Å². The molecule has 1 aromatic heterocycles. The van der Waals surface area contributed by atoms with E-state index >= 15 is 0 Å². The first-order valence-corrected chi connectivity index (χ1v) is 6.55. The zero-order valence-corrected chi connectivity index (χ0v) is 11.5. The van der Waals surface area contributed by atoms with Gasteiger partial charge >= 0.3 is 0 Å². The van der Waals surface area contributed by atoms with Crippen LogP contribution in [0.2, 0.25) is 0 Å². The summed E-state index contributed by atoms with van der Waals surface area (Å²) in [7, 11) is 1.67. The van der Waals surface area contributed by atoms with Crippen LogP contribution >= 0.6 is 0 Å². The zero-order chi connectivity index (χ0) is 14.7. The number of fused-ring (bicyclic) bond motifs is 1. The lowest BCUT2D eigenvalue weighted by Gasteiger charge is -2.19. The van der Waals surface area contributed by atoms with Crippen molar-refractivity contribution < 1.29 is 4.79 Å². The van der Waals surface area contributed by atoms with Crippen LogP contribution in [0.5, 0.6) is 0 Å². The number of aromatic nitrogens is 2. The quantitative estimate of drug-likeness (QED) is 0.748. The molecule has 3 rings (SSSR count). The minimum Gasteiger partial charge on any atom is -0.279 e. The molecule has 0 spiro atoms. The first kappa shape index (κ1) is 13.1. The number of nitrogens with zero attached hydrogens (tertiary/aromatic N) is 3. The van der Waals surface area contributed by atoms with Gasteiger partial charge in [-0.2, -0.15) is 0 Å². The molecule has 0 radical (unpaired) electrons. The summed E-state index contributed by atoms with van der Waals surface area (Å²) in [4.78, 5) is 20.7. The summed E-state index contributed by atoms with van der Waals surface area (Å²) in [6.07, 6.45) is 1.48. The molecule has 0 aliphatic carbocycles. The van der Waals surface area contributed by atoms with E-state index in [0.717, 1.165) is 10.9 Å². The second-order valence-electron chi connectivity index (χ2n) is 4.58. The standard InChI is InChI=1S/C16H14N4O/c1-20(16(21)12-7-3-2-4-8-12)19-15-13-9-5-6-10-14(13)17-11-18-15/h2-11H,1H3,(H,17,18,19). The van der Waals surface area contributed by atoms with Crippen molar-refractivity contribution in [1.82, 2.24) is 15.0 Å². The third-order valence-electron chi connectivity index (χ3n) is 3.14. The Labute approximate surface area is 122 Å². The van der Waals surface area contributed by atoms with Crippen LogP contribution in [0.25, 0.3) is 10.9 Å². The summed E-state index contributed by atoms with van der Waals surface area (Å²) in [5, 5.41) is 2.29. The van der Waals surface area contributed by atoms with Gasteiger partial charge in [-0.15, -0.1) is 0 Å². The Morgan fingerprint density at radius 1 is 1.00 bits per heavy atom. The topological polar surface area (TPSA) is 58.1 Å². The van der Waals surface area contributed by atoms with E-state index in [-0.39, 0.29) is 5.91 Å². The van der Waals surface area contributed by atoms with E-state index in [1.54, 1.807) is 19.2 Å². The molecular formula is C16H14N4O. The number of carbonyl (C=O) groups excluding carboxylic acids is 1. The zero-order valence-electron chi connectivity index (χ0n) is 11.5. The van der Waals surface area contributed by atoms with Gasteiger partial charge in [-0.05, 0) is 24.3 Å². The summed E-state index contributed by atoms with van der Waals surface area (Å²) < 4.78 is 0. The van der Waals surface area contributed by atoms with E-state index in [2.05, 4.69) is 15.4 Å². The Kier molecular flexibility index (Phi) is 3.47. The van der Waals surface area contributed by atoms with Crippen LogP contribution in [0.1, 0.15) is 10.4 Å². The third kappa shape index (κ3) is 2.67. The van der Waals surface area contributed by atoms with Crippen LogP contribution in [-0.4, -0.2) is 27.9 Å². The predicted molar refractivity (Wildman–Crippen MR) is 81.7 cm³/mol. The second-order valence-corrected chi connectivity index (χ2v) is 4.58. The molecule has 0 aliphatic rings. The van der Waals surface area contributed by atoms with Crippen LogP contribution in [0.4, 0.5) is 5.82 Å². The van der Waals surface area contributed by atoms with E-state index < -0.39 is 0 Å². The van der Waals surface area contributed by atoms with Crippen molar-refractivity contribution in [2.45, 2.75) is 0 Å². The highest BCUT2D eigenvalue weighted by atomic mass is 16.2. The van der Waals surface area contributed by atoms with E-state index in [4.69, 9.17) is 0 Å². The maximum Gasteiger partial charge on any atom is 0.271 e. The van der Waals surface area contributed by atoms with Gasteiger partial charge in [-0.1, -0.05) is 30.3 Å². The van der Waals surface area contributed by atoms with Crippen molar-refractivity contribution in [3.8, 4) is 0 Å². The summed E-state index contributed by atoms with van der Waals surface area (Å²) >= 11 is 0. The van der Waals surface area contributed by atoms with Gasteiger partial charge in [0.2, 0.25) is 0 Å². The summed E-state index contributed by atoms with van der Waals surface area (Å²) in [5.74, 6) is 0.477. The van der Waals surface area contributed by atoms with Gasteiger partial charge in [-0.25, -0.2) is 9.97 Å². The Balaban J connectivity index is 1.87. The number of carbonyl (C=O) groups is 1. The SMILES string of the molecule is CN(Nc1ncnc2ccccc12)C(=O)c1ccccc1. The number of para-hydroxylation sites is 1. The van der Waals surface area contributed by atoms with Crippen molar-refractivity contribution >= 4 is 22.6 Å². The molecule has 2 aromatic carbocycles. The molecule has 0 unspecified atom stereocenters. The number of hydrogen-bond acceptors (Lipinski definition) is 4. The Bertz CT molecular complexity index is 768. The highest BCUT2D eigenvalue weighted by molar-refractivity contribution is 5.96. The maximum atomic E-state index is 12.3. The van der Waals surface area contributed by atoms with E-state index in [1.165, 1.54) is 11.3 Å². The molecule has 1 heterocycles. The van der Waals surface area contributed by atoms with Gasteiger partial charge in [0.15, 0.2) is 5.82 Å². The van der Waals surface area contributed by atoms with Gasteiger partial charge < -0.3 is 0 Å². The summed E-state index contributed by atoms with van der Waals surface area (Å²) in [5.41, 5.74) is 4.46. The van der Waals surface area contributed by atoms with Crippen LogP contribution in [-0.2, 0) is 0 Å². The highest BCUT2D eigenvalue weighted by Gasteiger charge is 2.12. The number of hydrogen-bond donors (Lipinski definition) is 1. The molecule has 104 valence electrons. The Hall–Kier alpha value is -2.95. The predicted octanol–water partition coefficient (Wildman–Crippen LogP) is 2.73. The minimum atomic E-state index is -0.127. The fraction of sp³-hybridized carbons (Fsp3) is 0.0625. The molecule has 0 fully saturated rings. The normalized spacial score (nSPS) is 10.3.